The number of benzene rings is 1. The molecule has 5 heteroatoms. The molecule has 1 aliphatic rings. The third-order valence-electron chi connectivity index (χ3n) is 5.36. The van der Waals surface area contributed by atoms with Gasteiger partial charge in [-0.3, -0.25) is 0 Å². The van der Waals surface area contributed by atoms with Crippen LogP contribution in [0, 0.1) is 25.6 Å². The first kappa shape index (κ1) is 18.7. The summed E-state index contributed by atoms with van der Waals surface area (Å²) in [6.07, 6.45) is 4.56. The second kappa shape index (κ2) is 7.28. The Hall–Kier alpha value is -2.07. The zero-order valence-corrected chi connectivity index (χ0v) is 16.3. The molecule has 1 saturated carbocycles. The van der Waals surface area contributed by atoms with Gasteiger partial charge in [-0.2, -0.15) is 0 Å². The van der Waals surface area contributed by atoms with Gasteiger partial charge in [0.1, 0.15) is 5.82 Å². The van der Waals surface area contributed by atoms with E-state index in [0.717, 1.165) is 23.8 Å². The van der Waals surface area contributed by atoms with Crippen LogP contribution in [0.15, 0.2) is 36.5 Å². The largest absolute Gasteiger partial charge is 0.354 e. The van der Waals surface area contributed by atoms with Gasteiger partial charge < -0.3 is 9.47 Å². The molecule has 0 N–H and O–H groups in total. The van der Waals surface area contributed by atoms with Gasteiger partial charge in [0.05, 0.1) is 5.52 Å². The average Bonchev–Trinajstić information content (AvgIpc) is 3.40. The molecule has 26 heavy (non-hydrogen) atoms. The van der Waals surface area contributed by atoms with Gasteiger partial charge in [0.15, 0.2) is 5.82 Å². The summed E-state index contributed by atoms with van der Waals surface area (Å²) in [5, 5.41) is 1.29. The van der Waals surface area contributed by atoms with E-state index in [1.54, 1.807) is 0 Å². The molecule has 0 amide bonds. The maximum Gasteiger partial charge on any atom is 0.153 e. The lowest BCUT2D eigenvalue weighted by Gasteiger charge is -2.21. The van der Waals surface area contributed by atoms with Crippen LogP contribution in [-0.4, -0.2) is 16.6 Å². The van der Waals surface area contributed by atoms with Crippen molar-refractivity contribution in [2.45, 2.75) is 39.8 Å². The average molecular weight is 374 g/mol. The van der Waals surface area contributed by atoms with E-state index >= 15 is 0 Å². The molecule has 1 aliphatic carbocycles. The van der Waals surface area contributed by atoms with Gasteiger partial charge in [0.2, 0.25) is 0 Å². The molecular weight excluding hydrogens is 349 g/mol. The van der Waals surface area contributed by atoms with E-state index < -0.39 is 0 Å². The van der Waals surface area contributed by atoms with Crippen molar-refractivity contribution in [2.75, 3.05) is 11.9 Å². The van der Waals surface area contributed by atoms with E-state index in [1.807, 2.05) is 18.3 Å². The van der Waals surface area contributed by atoms with Crippen molar-refractivity contribution in [3.8, 4) is 0 Å². The highest BCUT2D eigenvalue weighted by molar-refractivity contribution is 5.93. The fourth-order valence-electron chi connectivity index (χ4n) is 3.58. The van der Waals surface area contributed by atoms with Crippen molar-refractivity contribution >= 4 is 29.1 Å². The highest BCUT2D eigenvalue weighted by Crippen LogP contribution is 2.37. The summed E-state index contributed by atoms with van der Waals surface area (Å²) in [6.45, 7) is 6.20. The molecule has 0 aliphatic heterocycles. The summed E-state index contributed by atoms with van der Waals surface area (Å²) in [5.74, 6) is 1.61. The minimum Gasteiger partial charge on any atom is -0.354 e. The van der Waals surface area contributed by atoms with Crippen LogP contribution < -0.4 is 4.90 Å². The monoisotopic (exact) mass is 373 g/mol. The van der Waals surface area contributed by atoms with Gasteiger partial charge in [-0.25, -0.2) is 9.37 Å². The molecule has 0 radical (unpaired) electrons. The Morgan fingerprint density at radius 1 is 1.15 bits per heavy atom. The minimum absolute atomic E-state index is 0. The van der Waals surface area contributed by atoms with Crippen LogP contribution in [0.25, 0.3) is 10.9 Å². The van der Waals surface area contributed by atoms with Gasteiger partial charge in [-0.1, -0.05) is 12.1 Å². The quantitative estimate of drug-likeness (QED) is 0.608. The lowest BCUT2D eigenvalue weighted by atomic mass is 10.2. The summed E-state index contributed by atoms with van der Waals surface area (Å²) in [6, 6.07) is 8.83. The number of nitrogens with zero attached hydrogens (tertiary/aromatic N) is 3. The zero-order valence-electron chi connectivity index (χ0n) is 15.5. The third-order valence-corrected chi connectivity index (χ3v) is 5.36. The second-order valence-electron chi connectivity index (χ2n) is 7.28. The second-order valence-corrected chi connectivity index (χ2v) is 7.28. The zero-order chi connectivity index (χ0) is 17.6. The highest BCUT2D eigenvalue weighted by atomic mass is 35.5. The molecule has 138 valence electrons. The molecule has 0 bridgehead atoms. The SMILES string of the molecule is Cc1c(C)n(CC2CC2)c2c(N(C)Cc3ccc(F)cc3)nccc12.Cl. The Morgan fingerprint density at radius 3 is 2.50 bits per heavy atom. The first-order valence-corrected chi connectivity index (χ1v) is 8.94. The van der Waals surface area contributed by atoms with Crippen molar-refractivity contribution in [3.05, 3.63) is 59.2 Å². The maximum atomic E-state index is 13.2. The lowest BCUT2D eigenvalue weighted by molar-refractivity contribution is 0.626. The van der Waals surface area contributed by atoms with E-state index in [2.05, 4.69) is 36.4 Å². The Bertz CT molecular complexity index is 913. The molecule has 0 unspecified atom stereocenters. The number of halogens is 2. The third kappa shape index (κ3) is 3.43. The first-order valence-electron chi connectivity index (χ1n) is 8.94. The van der Waals surface area contributed by atoms with Gasteiger partial charge in [-0.15, -0.1) is 12.4 Å². The number of hydrogen-bond donors (Lipinski definition) is 0. The Kier molecular flexibility index (Phi) is 5.24. The van der Waals surface area contributed by atoms with Gasteiger partial charge in [0, 0.05) is 37.4 Å². The van der Waals surface area contributed by atoms with E-state index in [1.165, 1.54) is 47.1 Å². The molecule has 2 heterocycles. The molecule has 1 fully saturated rings. The molecular formula is C21H25ClFN3. The van der Waals surface area contributed by atoms with Crippen LogP contribution in [0.4, 0.5) is 10.2 Å². The standard InChI is InChI=1S/C21H24FN3.ClH/c1-14-15(2)25(13-17-4-5-17)20-19(14)10-11-23-21(20)24(3)12-16-6-8-18(22)9-7-16;/h6-11,17H,4-5,12-13H2,1-3H3;1H. The lowest BCUT2D eigenvalue weighted by Crippen LogP contribution is -2.19. The molecule has 3 aromatic rings. The normalized spacial score (nSPS) is 13.7. The molecule has 0 atom stereocenters. The summed E-state index contributed by atoms with van der Waals surface area (Å²) in [4.78, 5) is 6.86. The molecule has 1 aromatic carbocycles. The van der Waals surface area contributed by atoms with Crippen molar-refractivity contribution in [2.24, 2.45) is 5.92 Å². The molecule has 0 spiro atoms. The van der Waals surface area contributed by atoms with Gasteiger partial charge >= 0.3 is 0 Å². The molecule has 4 rings (SSSR count). The van der Waals surface area contributed by atoms with E-state index in [0.29, 0.717) is 6.54 Å². The van der Waals surface area contributed by atoms with Crippen LogP contribution in [-0.2, 0) is 13.1 Å². The predicted octanol–water partition coefficient (Wildman–Crippen LogP) is 5.26. The van der Waals surface area contributed by atoms with Crippen LogP contribution in [0.1, 0.15) is 29.7 Å². The van der Waals surface area contributed by atoms with E-state index in [9.17, 15) is 4.39 Å². The van der Waals surface area contributed by atoms with E-state index in [4.69, 9.17) is 4.98 Å². The molecule has 0 saturated heterocycles. The Morgan fingerprint density at radius 2 is 1.85 bits per heavy atom. The van der Waals surface area contributed by atoms with Crippen LogP contribution >= 0.6 is 12.4 Å². The number of fused-ring (bicyclic) bond motifs is 1. The van der Waals surface area contributed by atoms with Crippen molar-refractivity contribution in [1.82, 2.24) is 9.55 Å². The fourth-order valence-corrected chi connectivity index (χ4v) is 3.58. The van der Waals surface area contributed by atoms with E-state index in [-0.39, 0.29) is 18.2 Å². The Balaban J connectivity index is 0.00000196. The summed E-state index contributed by atoms with van der Waals surface area (Å²) in [7, 11) is 2.06. The maximum absolute atomic E-state index is 13.2. The summed E-state index contributed by atoms with van der Waals surface area (Å²) in [5.41, 5.74) is 4.99. The van der Waals surface area contributed by atoms with Gasteiger partial charge in [0.25, 0.3) is 0 Å². The molecule has 3 nitrogen and oxygen atoms in total. The van der Waals surface area contributed by atoms with Crippen LogP contribution in [0.5, 0.6) is 0 Å². The van der Waals surface area contributed by atoms with Crippen LogP contribution in [0.3, 0.4) is 0 Å². The smallest absolute Gasteiger partial charge is 0.153 e. The van der Waals surface area contributed by atoms with Crippen molar-refractivity contribution in [3.63, 3.8) is 0 Å². The van der Waals surface area contributed by atoms with Crippen LogP contribution in [0.2, 0.25) is 0 Å². The number of anilines is 1. The molecule has 2 aromatic heterocycles. The van der Waals surface area contributed by atoms with Crippen molar-refractivity contribution in [1.29, 1.82) is 0 Å². The van der Waals surface area contributed by atoms with Gasteiger partial charge in [-0.05, 0) is 61.9 Å². The fraction of sp³-hybridized carbons (Fsp3) is 0.381. The number of rotatable bonds is 5. The number of hydrogen-bond acceptors (Lipinski definition) is 2. The predicted molar refractivity (Wildman–Crippen MR) is 108 cm³/mol. The first-order chi connectivity index (χ1) is 12.0. The topological polar surface area (TPSA) is 21.1 Å². The number of pyridine rings is 1. The number of aromatic nitrogens is 2. The summed E-state index contributed by atoms with van der Waals surface area (Å²) >= 11 is 0. The Labute approximate surface area is 160 Å². The highest BCUT2D eigenvalue weighted by Gasteiger charge is 2.25. The number of aryl methyl sites for hydroxylation is 1. The minimum atomic E-state index is -0.198. The summed E-state index contributed by atoms with van der Waals surface area (Å²) < 4.78 is 15.6. The van der Waals surface area contributed by atoms with Crippen molar-refractivity contribution < 1.29 is 4.39 Å².